The summed E-state index contributed by atoms with van der Waals surface area (Å²) in [6.45, 7) is 5.72. The van der Waals surface area contributed by atoms with Crippen LogP contribution in [-0.4, -0.2) is 12.9 Å². The molecule has 0 spiro atoms. The summed E-state index contributed by atoms with van der Waals surface area (Å²) in [7, 11) is 1.64. The maximum absolute atomic E-state index is 11.3. The predicted octanol–water partition coefficient (Wildman–Crippen LogP) is 3.78. The Labute approximate surface area is 98.8 Å². The number of hydrogen-bond donors (Lipinski definition) is 0. The highest BCUT2D eigenvalue weighted by Crippen LogP contribution is 2.35. The number of rotatable bonds is 3. The zero-order valence-corrected chi connectivity index (χ0v) is 11.0. The highest BCUT2D eigenvalue weighted by Gasteiger charge is 2.14. The van der Waals surface area contributed by atoms with E-state index in [0.717, 1.165) is 15.8 Å². The van der Waals surface area contributed by atoms with Crippen LogP contribution in [0.25, 0.3) is 0 Å². The van der Waals surface area contributed by atoms with Gasteiger partial charge < -0.3 is 4.74 Å². The smallest absolute Gasteiger partial charge is 0.159 e. The maximum atomic E-state index is 11.3. The fourth-order valence-corrected chi connectivity index (χ4v) is 2.10. The Kier molecular flexibility index (Phi) is 3.91. The van der Waals surface area contributed by atoms with Gasteiger partial charge in [0.1, 0.15) is 5.75 Å². The van der Waals surface area contributed by atoms with E-state index in [-0.39, 0.29) is 5.78 Å². The Bertz CT molecular complexity index is 383. The zero-order valence-electron chi connectivity index (χ0n) is 9.43. The Morgan fingerprint density at radius 2 is 2.00 bits per heavy atom. The number of carbonyl (C=O) groups excluding carboxylic acids is 1. The minimum Gasteiger partial charge on any atom is -0.495 e. The van der Waals surface area contributed by atoms with Crippen LogP contribution >= 0.6 is 15.9 Å². The van der Waals surface area contributed by atoms with E-state index in [1.165, 1.54) is 0 Å². The monoisotopic (exact) mass is 270 g/mol. The number of ketones is 1. The molecule has 0 saturated heterocycles. The highest BCUT2D eigenvalue weighted by molar-refractivity contribution is 9.10. The van der Waals surface area contributed by atoms with Gasteiger partial charge >= 0.3 is 0 Å². The van der Waals surface area contributed by atoms with Crippen molar-refractivity contribution in [1.29, 1.82) is 0 Å². The normalized spacial score (nSPS) is 10.5. The summed E-state index contributed by atoms with van der Waals surface area (Å²) in [6.07, 6.45) is 0. The van der Waals surface area contributed by atoms with Crippen molar-refractivity contribution in [2.75, 3.05) is 7.11 Å². The molecular formula is C12H15BrO2. The molecule has 0 amide bonds. The van der Waals surface area contributed by atoms with Crippen molar-refractivity contribution in [3.05, 3.63) is 27.7 Å². The summed E-state index contributed by atoms with van der Waals surface area (Å²) in [4.78, 5) is 11.3. The van der Waals surface area contributed by atoms with Gasteiger partial charge in [0.25, 0.3) is 0 Å². The molecule has 1 rings (SSSR count). The standard InChI is InChI=1S/C12H15BrO2/c1-7(2)10-5-9(8(3)14)6-11(13)12(10)15-4/h5-7H,1-4H3. The van der Waals surface area contributed by atoms with Crippen LogP contribution in [0.2, 0.25) is 0 Å². The minimum absolute atomic E-state index is 0.0697. The SMILES string of the molecule is COc1c(Br)cc(C(C)=O)cc1C(C)C. The molecule has 0 aromatic heterocycles. The molecule has 0 radical (unpaired) electrons. The average molecular weight is 271 g/mol. The van der Waals surface area contributed by atoms with E-state index in [9.17, 15) is 4.79 Å². The highest BCUT2D eigenvalue weighted by atomic mass is 79.9. The Morgan fingerprint density at radius 1 is 1.40 bits per heavy atom. The molecule has 15 heavy (non-hydrogen) atoms. The lowest BCUT2D eigenvalue weighted by molar-refractivity contribution is 0.101. The lowest BCUT2D eigenvalue weighted by Gasteiger charge is -2.14. The van der Waals surface area contributed by atoms with Crippen LogP contribution in [0.1, 0.15) is 42.6 Å². The van der Waals surface area contributed by atoms with E-state index in [0.29, 0.717) is 11.5 Å². The molecule has 3 heteroatoms. The molecule has 82 valence electrons. The van der Waals surface area contributed by atoms with Crippen molar-refractivity contribution < 1.29 is 9.53 Å². The number of benzene rings is 1. The van der Waals surface area contributed by atoms with Gasteiger partial charge in [-0.2, -0.15) is 0 Å². The van der Waals surface area contributed by atoms with E-state index >= 15 is 0 Å². The van der Waals surface area contributed by atoms with Crippen molar-refractivity contribution in [2.45, 2.75) is 26.7 Å². The van der Waals surface area contributed by atoms with Crippen molar-refractivity contribution in [1.82, 2.24) is 0 Å². The molecule has 0 aliphatic carbocycles. The van der Waals surface area contributed by atoms with Crippen LogP contribution in [-0.2, 0) is 0 Å². The molecule has 0 saturated carbocycles. The van der Waals surface area contributed by atoms with E-state index < -0.39 is 0 Å². The van der Waals surface area contributed by atoms with E-state index in [1.807, 2.05) is 6.07 Å². The molecule has 0 heterocycles. The molecular weight excluding hydrogens is 256 g/mol. The number of Topliss-reactive ketones (excluding diaryl/α,β-unsaturated/α-hetero) is 1. The average Bonchev–Trinajstić information content (AvgIpc) is 2.16. The fourth-order valence-electron chi connectivity index (χ4n) is 1.46. The number of hydrogen-bond acceptors (Lipinski definition) is 2. The van der Waals surface area contributed by atoms with Gasteiger partial charge in [0.2, 0.25) is 0 Å². The van der Waals surface area contributed by atoms with Gasteiger partial charge in [-0.05, 0) is 46.5 Å². The molecule has 0 bridgehead atoms. The molecule has 0 unspecified atom stereocenters. The molecule has 0 aliphatic heterocycles. The Morgan fingerprint density at radius 3 is 2.40 bits per heavy atom. The third kappa shape index (κ3) is 2.59. The van der Waals surface area contributed by atoms with Gasteiger partial charge in [-0.25, -0.2) is 0 Å². The summed E-state index contributed by atoms with van der Waals surface area (Å²) in [6, 6.07) is 3.70. The third-order valence-corrected chi connectivity index (χ3v) is 2.89. The number of ether oxygens (including phenoxy) is 1. The first kappa shape index (κ1) is 12.2. The van der Waals surface area contributed by atoms with Crippen LogP contribution in [0, 0.1) is 0 Å². The van der Waals surface area contributed by atoms with Gasteiger partial charge in [0, 0.05) is 5.56 Å². The quantitative estimate of drug-likeness (QED) is 0.782. The van der Waals surface area contributed by atoms with Gasteiger partial charge in [-0.1, -0.05) is 13.8 Å². The van der Waals surface area contributed by atoms with Gasteiger partial charge in [0.15, 0.2) is 5.78 Å². The lowest BCUT2D eigenvalue weighted by atomic mass is 9.98. The largest absolute Gasteiger partial charge is 0.495 e. The minimum atomic E-state index is 0.0697. The molecule has 0 atom stereocenters. The second-order valence-corrected chi connectivity index (χ2v) is 4.65. The topological polar surface area (TPSA) is 26.3 Å². The molecule has 1 aromatic carbocycles. The Balaban J connectivity index is 3.38. The van der Waals surface area contributed by atoms with Gasteiger partial charge in [-0.3, -0.25) is 4.79 Å². The van der Waals surface area contributed by atoms with Crippen molar-refractivity contribution in [2.24, 2.45) is 0 Å². The van der Waals surface area contributed by atoms with Crippen LogP contribution in [0.5, 0.6) is 5.75 Å². The lowest BCUT2D eigenvalue weighted by Crippen LogP contribution is -2.00. The first-order valence-corrected chi connectivity index (χ1v) is 5.65. The van der Waals surface area contributed by atoms with E-state index in [1.54, 1.807) is 20.1 Å². The molecule has 0 fully saturated rings. The number of carbonyl (C=O) groups is 1. The van der Waals surface area contributed by atoms with Crippen LogP contribution < -0.4 is 4.74 Å². The third-order valence-electron chi connectivity index (χ3n) is 2.30. The molecule has 0 N–H and O–H groups in total. The number of methoxy groups -OCH3 is 1. The second kappa shape index (κ2) is 4.79. The first-order valence-electron chi connectivity index (χ1n) is 4.85. The van der Waals surface area contributed by atoms with Gasteiger partial charge in [0.05, 0.1) is 11.6 Å². The second-order valence-electron chi connectivity index (χ2n) is 3.79. The zero-order chi connectivity index (χ0) is 11.6. The summed E-state index contributed by atoms with van der Waals surface area (Å²) in [5.74, 6) is 1.21. The van der Waals surface area contributed by atoms with Crippen LogP contribution in [0.4, 0.5) is 0 Å². The summed E-state index contributed by atoms with van der Waals surface area (Å²) in [5.41, 5.74) is 1.77. The van der Waals surface area contributed by atoms with Crippen molar-refractivity contribution in [3.8, 4) is 5.75 Å². The summed E-state index contributed by atoms with van der Waals surface area (Å²) >= 11 is 3.42. The maximum Gasteiger partial charge on any atom is 0.159 e. The van der Waals surface area contributed by atoms with Crippen LogP contribution in [0.3, 0.4) is 0 Å². The van der Waals surface area contributed by atoms with E-state index in [2.05, 4.69) is 29.8 Å². The molecule has 1 aromatic rings. The molecule has 0 aliphatic rings. The predicted molar refractivity (Wildman–Crippen MR) is 64.8 cm³/mol. The Hall–Kier alpha value is -0.830. The molecule has 2 nitrogen and oxygen atoms in total. The van der Waals surface area contributed by atoms with Gasteiger partial charge in [-0.15, -0.1) is 0 Å². The summed E-state index contributed by atoms with van der Waals surface area (Å²) < 4.78 is 6.15. The van der Waals surface area contributed by atoms with Crippen LogP contribution in [0.15, 0.2) is 16.6 Å². The first-order chi connectivity index (χ1) is 6.97. The summed E-state index contributed by atoms with van der Waals surface area (Å²) in [5, 5.41) is 0. The fraction of sp³-hybridized carbons (Fsp3) is 0.417. The van der Waals surface area contributed by atoms with Crippen molar-refractivity contribution >= 4 is 21.7 Å². The van der Waals surface area contributed by atoms with Crippen molar-refractivity contribution in [3.63, 3.8) is 0 Å². The van der Waals surface area contributed by atoms with E-state index in [4.69, 9.17) is 4.74 Å². The number of halogens is 1.